The third kappa shape index (κ3) is 6.29. The highest BCUT2D eigenvalue weighted by Gasteiger charge is 2.32. The fourth-order valence-electron chi connectivity index (χ4n) is 3.04. The maximum Gasteiger partial charge on any atom is 0.573 e. The van der Waals surface area contributed by atoms with Crippen LogP contribution in [0.2, 0.25) is 0 Å². The number of nitrogens with one attached hydrogen (secondary N) is 1. The van der Waals surface area contributed by atoms with Crippen LogP contribution in [0.5, 0.6) is 11.5 Å². The molecule has 0 bridgehead atoms. The summed E-state index contributed by atoms with van der Waals surface area (Å²) in [7, 11) is 1.59. The molecule has 0 fully saturated rings. The van der Waals surface area contributed by atoms with E-state index in [0.717, 1.165) is 33.8 Å². The van der Waals surface area contributed by atoms with Gasteiger partial charge in [0.2, 0.25) is 11.1 Å². The average molecular weight is 505 g/mol. The van der Waals surface area contributed by atoms with E-state index in [1.807, 2.05) is 24.3 Å². The number of rotatable bonds is 9. The first-order valence-corrected chi connectivity index (χ1v) is 11.0. The van der Waals surface area contributed by atoms with Gasteiger partial charge in [0.1, 0.15) is 17.3 Å². The van der Waals surface area contributed by atoms with Crippen LogP contribution in [0.15, 0.2) is 66.0 Å². The molecular weight excluding hydrogens is 487 g/mol. The smallest absolute Gasteiger partial charge is 0.497 e. The molecule has 14 heteroatoms. The molecule has 0 saturated carbocycles. The molecule has 1 N–H and O–H groups in total. The van der Waals surface area contributed by atoms with Crippen molar-refractivity contribution in [2.75, 3.05) is 18.2 Å². The number of hydrogen-bond donors (Lipinski definition) is 1. The predicted molar refractivity (Wildman–Crippen MR) is 120 cm³/mol. The lowest BCUT2D eigenvalue weighted by molar-refractivity contribution is -0.274. The van der Waals surface area contributed by atoms with Crippen LogP contribution in [0.25, 0.3) is 5.69 Å². The van der Waals surface area contributed by atoms with Crippen LogP contribution in [-0.4, -0.2) is 55.1 Å². The van der Waals surface area contributed by atoms with Gasteiger partial charge < -0.3 is 14.8 Å². The monoisotopic (exact) mass is 505 g/mol. The fourth-order valence-corrected chi connectivity index (χ4v) is 3.72. The van der Waals surface area contributed by atoms with Crippen LogP contribution in [-0.2, 0) is 11.3 Å². The molecule has 182 valence electrons. The number of hydrogen-bond acceptors (Lipinski definition) is 8. The Kier molecular flexibility index (Phi) is 7.19. The van der Waals surface area contributed by atoms with E-state index in [9.17, 15) is 18.0 Å². The molecule has 0 unspecified atom stereocenters. The molecule has 0 atom stereocenters. The number of ether oxygens (including phenoxy) is 2. The summed E-state index contributed by atoms with van der Waals surface area (Å²) in [4.78, 5) is 12.6. The number of carbonyl (C=O) groups is 1. The number of alkyl halides is 3. The Hall–Kier alpha value is -4.07. The van der Waals surface area contributed by atoms with E-state index in [4.69, 9.17) is 4.74 Å². The molecule has 2 aromatic heterocycles. The average Bonchev–Trinajstić information content (AvgIpc) is 3.47. The number of tetrazole rings is 1. The standard InChI is InChI=1S/C21H18F3N7O3S/c1-33-15-8-6-14(7-9-15)12-30-18(10-11-25-30)26-19(32)13-35-20-27-28-29-31(20)16-4-2-3-5-17(16)34-21(22,23)24/h2-11H,12-13H2,1H3,(H,26,32). The van der Waals surface area contributed by atoms with E-state index in [1.54, 1.807) is 24.1 Å². The molecule has 4 aromatic rings. The lowest BCUT2D eigenvalue weighted by atomic mass is 10.2. The molecule has 2 aromatic carbocycles. The second-order valence-electron chi connectivity index (χ2n) is 6.95. The van der Waals surface area contributed by atoms with Crippen molar-refractivity contribution in [1.82, 2.24) is 30.0 Å². The highest BCUT2D eigenvalue weighted by atomic mass is 32.2. The largest absolute Gasteiger partial charge is 0.573 e. The summed E-state index contributed by atoms with van der Waals surface area (Å²) < 4.78 is 50.2. The first-order chi connectivity index (χ1) is 16.8. The molecule has 0 spiro atoms. The summed E-state index contributed by atoms with van der Waals surface area (Å²) in [6.45, 7) is 0.425. The number of thioether (sulfide) groups is 1. The van der Waals surface area contributed by atoms with E-state index in [2.05, 4.69) is 30.7 Å². The first-order valence-electron chi connectivity index (χ1n) is 10.0. The number of benzene rings is 2. The summed E-state index contributed by atoms with van der Waals surface area (Å²) in [5, 5.41) is 18.2. The number of aromatic nitrogens is 6. The highest BCUT2D eigenvalue weighted by molar-refractivity contribution is 7.99. The number of nitrogens with zero attached hydrogens (tertiary/aromatic N) is 6. The Labute approximate surface area is 201 Å². The molecule has 2 heterocycles. The van der Waals surface area contributed by atoms with E-state index >= 15 is 0 Å². The van der Waals surface area contributed by atoms with Gasteiger partial charge in [0.15, 0.2) is 5.75 Å². The van der Waals surface area contributed by atoms with E-state index in [-0.39, 0.29) is 22.5 Å². The van der Waals surface area contributed by atoms with Gasteiger partial charge in [0, 0.05) is 6.07 Å². The Morgan fingerprint density at radius 2 is 1.89 bits per heavy atom. The number of carbonyl (C=O) groups excluding carboxylic acids is 1. The molecule has 35 heavy (non-hydrogen) atoms. The van der Waals surface area contributed by atoms with E-state index in [1.165, 1.54) is 18.2 Å². The lowest BCUT2D eigenvalue weighted by Gasteiger charge is -2.13. The second kappa shape index (κ2) is 10.5. The third-order valence-electron chi connectivity index (χ3n) is 4.57. The molecule has 4 rings (SSSR count). The van der Waals surface area contributed by atoms with Crippen LogP contribution in [0.4, 0.5) is 19.0 Å². The van der Waals surface area contributed by atoms with Gasteiger partial charge in [-0.1, -0.05) is 36.0 Å². The molecular formula is C21H18F3N7O3S. The molecule has 10 nitrogen and oxygen atoms in total. The van der Waals surface area contributed by atoms with Gasteiger partial charge >= 0.3 is 6.36 Å². The van der Waals surface area contributed by atoms with Gasteiger partial charge in [-0.05, 0) is 40.3 Å². The summed E-state index contributed by atoms with van der Waals surface area (Å²) in [5.74, 6) is 0.266. The summed E-state index contributed by atoms with van der Waals surface area (Å²) in [5.41, 5.74) is 0.939. The fraction of sp³-hybridized carbons (Fsp3) is 0.190. The molecule has 1 amide bonds. The first kappa shape index (κ1) is 24.1. The van der Waals surface area contributed by atoms with Crippen molar-refractivity contribution in [3.63, 3.8) is 0 Å². The van der Waals surface area contributed by atoms with E-state index in [0.29, 0.717) is 12.4 Å². The zero-order valence-corrected chi connectivity index (χ0v) is 19.0. The lowest BCUT2D eigenvalue weighted by Crippen LogP contribution is -2.19. The van der Waals surface area contributed by atoms with Crippen molar-refractivity contribution < 1.29 is 27.4 Å². The van der Waals surface area contributed by atoms with Crippen molar-refractivity contribution in [2.45, 2.75) is 18.1 Å². The Balaban J connectivity index is 1.40. The zero-order valence-electron chi connectivity index (χ0n) is 18.1. The minimum Gasteiger partial charge on any atom is -0.497 e. The Morgan fingerprint density at radius 3 is 2.63 bits per heavy atom. The molecule has 0 aliphatic rings. The number of amides is 1. The van der Waals surface area contributed by atoms with E-state index < -0.39 is 12.1 Å². The summed E-state index contributed by atoms with van der Waals surface area (Å²) >= 11 is 0.954. The van der Waals surface area contributed by atoms with Crippen molar-refractivity contribution in [1.29, 1.82) is 0 Å². The Bertz CT molecular complexity index is 1290. The summed E-state index contributed by atoms with van der Waals surface area (Å²) in [6, 6.07) is 14.5. The molecule has 0 saturated heterocycles. The quantitative estimate of drug-likeness (QED) is 0.344. The van der Waals surface area contributed by atoms with Gasteiger partial charge in [0.25, 0.3) is 0 Å². The molecule has 0 radical (unpaired) electrons. The number of methoxy groups -OCH3 is 1. The zero-order chi connectivity index (χ0) is 24.8. The number of anilines is 1. The maximum absolute atomic E-state index is 12.7. The van der Waals surface area contributed by atoms with Crippen molar-refractivity contribution in [2.24, 2.45) is 0 Å². The maximum atomic E-state index is 12.7. The van der Waals surface area contributed by atoms with Gasteiger partial charge in [-0.15, -0.1) is 18.3 Å². The van der Waals surface area contributed by atoms with Gasteiger partial charge in [0.05, 0.1) is 25.6 Å². The van der Waals surface area contributed by atoms with Crippen LogP contribution >= 0.6 is 11.8 Å². The number of para-hydroxylation sites is 2. The Morgan fingerprint density at radius 1 is 1.11 bits per heavy atom. The SMILES string of the molecule is COc1ccc(Cn2nccc2NC(=O)CSc2nnnn2-c2ccccc2OC(F)(F)F)cc1. The van der Waals surface area contributed by atoms with Crippen molar-refractivity contribution in [3.8, 4) is 17.2 Å². The second-order valence-corrected chi connectivity index (χ2v) is 7.89. The molecule has 0 aliphatic heterocycles. The molecule has 0 aliphatic carbocycles. The van der Waals surface area contributed by atoms with Gasteiger partial charge in [-0.3, -0.25) is 4.79 Å². The topological polar surface area (TPSA) is 109 Å². The normalized spacial score (nSPS) is 11.3. The van der Waals surface area contributed by atoms with Crippen LogP contribution in [0, 0.1) is 0 Å². The van der Waals surface area contributed by atoms with Gasteiger partial charge in [-0.25, -0.2) is 4.68 Å². The predicted octanol–water partition coefficient (Wildman–Crippen LogP) is 3.55. The summed E-state index contributed by atoms with van der Waals surface area (Å²) in [6.07, 6.45) is -3.32. The van der Waals surface area contributed by atoms with Crippen molar-refractivity contribution in [3.05, 3.63) is 66.4 Å². The highest BCUT2D eigenvalue weighted by Crippen LogP contribution is 2.30. The van der Waals surface area contributed by atoms with Crippen LogP contribution in [0.3, 0.4) is 0 Å². The minimum absolute atomic E-state index is 0.0182. The van der Waals surface area contributed by atoms with Crippen LogP contribution < -0.4 is 14.8 Å². The van der Waals surface area contributed by atoms with Gasteiger partial charge in [-0.2, -0.15) is 9.78 Å². The number of halogens is 3. The third-order valence-corrected chi connectivity index (χ3v) is 5.49. The minimum atomic E-state index is -4.88. The van der Waals surface area contributed by atoms with Crippen LogP contribution in [0.1, 0.15) is 5.56 Å². The van der Waals surface area contributed by atoms with Crippen molar-refractivity contribution >= 4 is 23.5 Å².